The van der Waals surface area contributed by atoms with E-state index >= 15 is 0 Å². The van der Waals surface area contributed by atoms with Crippen LogP contribution in [0.5, 0.6) is 11.5 Å². The molecule has 54 heavy (non-hydrogen) atoms. The molecule has 286 valence electrons. The summed E-state index contributed by atoms with van der Waals surface area (Å²) in [5.41, 5.74) is 6.01. The summed E-state index contributed by atoms with van der Waals surface area (Å²) in [5, 5.41) is 14.1. The lowest BCUT2D eigenvalue weighted by atomic mass is 9.80. The first-order chi connectivity index (χ1) is 25.8. The molecule has 5 rings (SSSR count). The number of hydrogen-bond donors (Lipinski definition) is 2. The molecule has 11 heteroatoms. The van der Waals surface area contributed by atoms with Gasteiger partial charge in [0.05, 0.1) is 32.5 Å². The lowest BCUT2D eigenvalue weighted by Gasteiger charge is -2.38. The monoisotopic (exact) mass is 751 g/mol. The molecular weight excluding hydrogens is 699 g/mol. The molecule has 0 radical (unpaired) electrons. The van der Waals surface area contributed by atoms with Gasteiger partial charge in [-0.3, -0.25) is 9.36 Å². The van der Waals surface area contributed by atoms with Crippen LogP contribution in [0.3, 0.4) is 0 Å². The zero-order valence-corrected chi connectivity index (χ0v) is 33.8. The maximum atomic E-state index is 13.5. The van der Waals surface area contributed by atoms with E-state index in [-0.39, 0.29) is 24.8 Å². The minimum Gasteiger partial charge on any atom is -0.497 e. The Morgan fingerprint density at radius 3 is 1.91 bits per heavy atom. The number of hydrogen-bond acceptors (Lipinski definition) is 8. The molecule has 1 fully saturated rings. The van der Waals surface area contributed by atoms with E-state index in [1.165, 1.54) is 11.5 Å². The highest BCUT2D eigenvalue weighted by Gasteiger charge is 2.43. The van der Waals surface area contributed by atoms with Crippen molar-refractivity contribution in [2.75, 3.05) is 26.1 Å². The van der Waals surface area contributed by atoms with E-state index in [0.29, 0.717) is 33.7 Å². The summed E-state index contributed by atoms with van der Waals surface area (Å²) < 4.78 is 25.7. The second-order valence-corrected chi connectivity index (χ2v) is 20.3. The average Bonchev–Trinajstić information content (AvgIpc) is 3.52. The number of aliphatic hydroxyl groups excluding tert-OH is 1. The van der Waals surface area contributed by atoms with Crippen LogP contribution in [0, 0.1) is 11.5 Å². The normalized spacial score (nSPS) is 17.4. The fourth-order valence-electron chi connectivity index (χ4n) is 7.95. The van der Waals surface area contributed by atoms with Crippen molar-refractivity contribution in [3.05, 3.63) is 118 Å². The summed E-state index contributed by atoms with van der Waals surface area (Å²) in [4.78, 5) is 29.9. The van der Waals surface area contributed by atoms with E-state index in [1.807, 2.05) is 78.9 Å². The van der Waals surface area contributed by atoms with Crippen molar-refractivity contribution < 1.29 is 28.8 Å². The highest BCUT2D eigenvalue weighted by molar-refractivity contribution is 6.90. The van der Waals surface area contributed by atoms with Gasteiger partial charge in [-0.1, -0.05) is 102 Å². The molecule has 1 aliphatic rings. The van der Waals surface area contributed by atoms with Crippen LogP contribution in [0.1, 0.15) is 83.4 Å². The maximum absolute atomic E-state index is 13.5. The average molecular weight is 752 g/mol. The lowest BCUT2D eigenvalue weighted by Crippen LogP contribution is -2.43. The van der Waals surface area contributed by atoms with E-state index in [0.717, 1.165) is 16.7 Å². The lowest BCUT2D eigenvalue weighted by molar-refractivity contribution is -0.114. The van der Waals surface area contributed by atoms with E-state index < -0.39 is 37.8 Å². The van der Waals surface area contributed by atoms with Gasteiger partial charge in [-0.05, 0) is 57.6 Å². The van der Waals surface area contributed by atoms with Crippen LogP contribution < -0.4 is 20.5 Å². The van der Waals surface area contributed by atoms with Crippen LogP contribution in [-0.4, -0.2) is 61.7 Å². The molecule has 0 bridgehead atoms. The number of aliphatic hydroxyl groups is 1. The van der Waals surface area contributed by atoms with Crippen molar-refractivity contribution in [3.8, 4) is 23.0 Å². The van der Waals surface area contributed by atoms with Crippen molar-refractivity contribution in [3.63, 3.8) is 0 Å². The fraction of sp³-hybridized carbons (Fsp3) is 0.419. The van der Waals surface area contributed by atoms with Crippen LogP contribution in [-0.2, 0) is 19.9 Å². The van der Waals surface area contributed by atoms with Crippen molar-refractivity contribution in [1.82, 2.24) is 9.55 Å². The van der Waals surface area contributed by atoms with E-state index in [1.54, 1.807) is 20.4 Å². The number of amides is 1. The highest BCUT2D eigenvalue weighted by Crippen LogP contribution is 2.43. The fourth-order valence-corrected chi connectivity index (χ4v) is 13.2. The Balaban J connectivity index is 1.53. The number of nitrogens with zero attached hydrogens (tertiary/aromatic N) is 2. The highest BCUT2D eigenvalue weighted by atomic mass is 28.3. The quantitative estimate of drug-likeness (QED) is 0.0822. The third-order valence-corrected chi connectivity index (χ3v) is 17.0. The van der Waals surface area contributed by atoms with Gasteiger partial charge in [0.25, 0.3) is 0 Å². The first-order valence-corrected chi connectivity index (χ1v) is 20.8. The first-order valence-electron chi connectivity index (χ1n) is 18.5. The van der Waals surface area contributed by atoms with E-state index in [2.05, 4.69) is 63.3 Å². The van der Waals surface area contributed by atoms with E-state index in [4.69, 9.17) is 18.9 Å². The van der Waals surface area contributed by atoms with Gasteiger partial charge in [0, 0.05) is 19.5 Å². The van der Waals surface area contributed by atoms with Gasteiger partial charge < -0.3 is 29.4 Å². The minimum absolute atomic E-state index is 0.0191. The molecule has 0 unspecified atom stereocenters. The van der Waals surface area contributed by atoms with Crippen LogP contribution in [0.25, 0.3) is 0 Å². The summed E-state index contributed by atoms with van der Waals surface area (Å²) in [6.07, 6.45) is -0.898. The van der Waals surface area contributed by atoms with Crippen molar-refractivity contribution in [2.45, 2.75) is 95.5 Å². The summed E-state index contributed by atoms with van der Waals surface area (Å²) in [6.45, 7) is 14.7. The van der Waals surface area contributed by atoms with Gasteiger partial charge in [-0.15, -0.1) is 5.54 Å². The second-order valence-electron chi connectivity index (χ2n) is 14.8. The summed E-state index contributed by atoms with van der Waals surface area (Å²) in [5.74, 6) is 4.50. The number of aromatic nitrogens is 2. The summed E-state index contributed by atoms with van der Waals surface area (Å²) >= 11 is 0. The first kappa shape index (κ1) is 40.5. The zero-order chi connectivity index (χ0) is 39.2. The minimum atomic E-state index is -2.17. The number of anilines is 1. The predicted octanol–water partition coefficient (Wildman–Crippen LogP) is 7.45. The van der Waals surface area contributed by atoms with Crippen LogP contribution in [0.15, 0.2) is 89.9 Å². The maximum Gasteiger partial charge on any atom is 0.351 e. The van der Waals surface area contributed by atoms with Gasteiger partial charge in [0.2, 0.25) is 5.91 Å². The molecule has 0 saturated carbocycles. The number of ether oxygens (including phenoxy) is 4. The Morgan fingerprint density at radius 1 is 0.907 bits per heavy atom. The number of nitrogens with one attached hydrogen (secondary N) is 1. The Bertz CT molecular complexity index is 1930. The van der Waals surface area contributed by atoms with Crippen molar-refractivity contribution in [2.24, 2.45) is 0 Å². The topological polar surface area (TPSA) is 121 Å². The van der Waals surface area contributed by atoms with Crippen molar-refractivity contribution >= 4 is 19.8 Å². The van der Waals surface area contributed by atoms with Gasteiger partial charge in [-0.25, -0.2) is 4.79 Å². The third kappa shape index (κ3) is 8.17. The predicted molar refractivity (Wildman–Crippen MR) is 214 cm³/mol. The molecule has 0 spiro atoms. The Morgan fingerprint density at radius 2 is 1.43 bits per heavy atom. The largest absolute Gasteiger partial charge is 0.497 e. The number of benzene rings is 3. The Hall–Kier alpha value is -4.73. The summed E-state index contributed by atoms with van der Waals surface area (Å²) in [7, 11) is 1.07. The van der Waals surface area contributed by atoms with Crippen LogP contribution >= 0.6 is 0 Å². The van der Waals surface area contributed by atoms with Gasteiger partial charge in [0.1, 0.15) is 37.5 Å². The molecule has 2 N–H and O–H groups in total. The molecule has 0 aliphatic carbocycles. The molecule has 2 heterocycles. The summed E-state index contributed by atoms with van der Waals surface area (Å²) in [6, 6.07) is 25.3. The number of methoxy groups -OCH3 is 2. The molecule has 1 aromatic heterocycles. The molecular formula is C43H53N3O7Si. The zero-order valence-electron chi connectivity index (χ0n) is 32.8. The number of rotatable bonds is 13. The van der Waals surface area contributed by atoms with Crippen molar-refractivity contribution in [1.29, 1.82) is 0 Å². The molecule has 10 nitrogen and oxygen atoms in total. The molecule has 1 aliphatic heterocycles. The second kappa shape index (κ2) is 17.2. The van der Waals surface area contributed by atoms with Crippen LogP contribution in [0.2, 0.25) is 16.6 Å². The molecule has 3 aromatic carbocycles. The van der Waals surface area contributed by atoms with Crippen LogP contribution in [0.4, 0.5) is 5.82 Å². The van der Waals surface area contributed by atoms with Gasteiger partial charge in [-0.2, -0.15) is 4.98 Å². The van der Waals surface area contributed by atoms with Gasteiger partial charge in [0.15, 0.2) is 5.82 Å². The molecule has 1 amide bonds. The Labute approximate surface area is 319 Å². The smallest absolute Gasteiger partial charge is 0.351 e. The number of carbonyl (C=O) groups excluding carboxylic acids is 1. The van der Waals surface area contributed by atoms with E-state index in [9.17, 15) is 14.7 Å². The standard InChI is InChI=1S/C43H53N3O7Si/c1-28(2)54(29(3)4,30(5)6)24-23-32-26-46(42(49)45-41(32)44-31(7)47)40-25-38(48)39(53-40)27-52-43(33-13-11-10-12-14-33,34-15-19-36(50-8)20-16-34)35-17-21-37(51-9)22-18-35/h10-22,26,28-30,38-40,48H,25,27H2,1-9H3,(H,44,45,47,49)/t38-,39+,40+/m0/s1. The Kier molecular flexibility index (Phi) is 12.9. The SMILES string of the molecule is COc1ccc(C(OC[C@H]2O[C@@H](n3cc(C#C[Si](C(C)C)(C(C)C)C(C)C)c(NC(C)=O)nc3=O)C[C@@H]2O)(c2ccccc2)c2ccc(OC)cc2)cc1. The van der Waals surface area contributed by atoms with Gasteiger partial charge >= 0.3 is 5.69 Å². The number of carbonyl (C=O) groups is 1. The molecule has 1 saturated heterocycles. The molecule has 4 aromatic rings. The molecule has 3 atom stereocenters. The third-order valence-electron chi connectivity index (χ3n) is 10.7.